The minimum atomic E-state index is -3.12. The zero-order chi connectivity index (χ0) is 9.73. The first-order valence-electron chi connectivity index (χ1n) is 4.35. The van der Waals surface area contributed by atoms with Gasteiger partial charge >= 0.3 is 0 Å². The maximum atomic E-state index is 11.5. The standard InChI is InChI=1S/C7H16N2O3S/c1-12-5-4-9-13(10,11)7-2-3-8-6-7/h7-9H,2-6H2,1H3. The molecule has 0 aliphatic carbocycles. The number of hydrogen-bond acceptors (Lipinski definition) is 4. The van der Waals surface area contributed by atoms with Gasteiger partial charge < -0.3 is 10.1 Å². The molecule has 0 spiro atoms. The second-order valence-corrected chi connectivity index (χ2v) is 5.09. The molecule has 0 aromatic rings. The van der Waals surface area contributed by atoms with Gasteiger partial charge in [-0.2, -0.15) is 0 Å². The average molecular weight is 208 g/mol. The van der Waals surface area contributed by atoms with Crippen molar-refractivity contribution in [2.45, 2.75) is 11.7 Å². The molecule has 0 aromatic carbocycles. The van der Waals surface area contributed by atoms with Gasteiger partial charge in [0.05, 0.1) is 11.9 Å². The van der Waals surface area contributed by atoms with Crippen LogP contribution in [-0.2, 0) is 14.8 Å². The largest absolute Gasteiger partial charge is 0.383 e. The highest BCUT2D eigenvalue weighted by Crippen LogP contribution is 2.07. The molecule has 78 valence electrons. The highest BCUT2D eigenvalue weighted by atomic mass is 32.2. The van der Waals surface area contributed by atoms with Crippen LogP contribution in [-0.4, -0.2) is 47.0 Å². The molecule has 1 aliphatic rings. The molecule has 2 N–H and O–H groups in total. The van der Waals surface area contributed by atoms with Crippen LogP contribution in [0.1, 0.15) is 6.42 Å². The zero-order valence-corrected chi connectivity index (χ0v) is 8.56. The minimum Gasteiger partial charge on any atom is -0.383 e. The lowest BCUT2D eigenvalue weighted by Gasteiger charge is -2.10. The van der Waals surface area contributed by atoms with Crippen molar-refractivity contribution in [3.8, 4) is 0 Å². The molecular weight excluding hydrogens is 192 g/mol. The average Bonchev–Trinajstić information content (AvgIpc) is 2.56. The Morgan fingerprint density at radius 2 is 2.38 bits per heavy atom. The third-order valence-corrected chi connectivity index (χ3v) is 3.95. The Bertz CT molecular complexity index is 234. The van der Waals surface area contributed by atoms with E-state index in [1.165, 1.54) is 0 Å². The summed E-state index contributed by atoms with van der Waals surface area (Å²) < 4.78 is 30.3. The summed E-state index contributed by atoms with van der Waals surface area (Å²) in [6.07, 6.45) is 0.697. The van der Waals surface area contributed by atoms with Crippen LogP contribution in [0.25, 0.3) is 0 Å². The van der Waals surface area contributed by atoms with Crippen molar-refractivity contribution in [1.82, 2.24) is 10.0 Å². The van der Waals surface area contributed by atoms with E-state index >= 15 is 0 Å². The van der Waals surface area contributed by atoms with Gasteiger partial charge in [0, 0.05) is 20.2 Å². The lowest BCUT2D eigenvalue weighted by atomic mass is 10.4. The van der Waals surface area contributed by atoms with Crippen LogP contribution in [0, 0.1) is 0 Å². The summed E-state index contributed by atoms with van der Waals surface area (Å²) in [6, 6.07) is 0. The molecule has 1 unspecified atom stereocenters. The van der Waals surface area contributed by atoms with Crippen molar-refractivity contribution in [1.29, 1.82) is 0 Å². The number of hydrogen-bond donors (Lipinski definition) is 2. The van der Waals surface area contributed by atoms with E-state index in [0.717, 1.165) is 6.54 Å². The summed E-state index contributed by atoms with van der Waals surface area (Å²) in [5.74, 6) is 0. The summed E-state index contributed by atoms with van der Waals surface area (Å²) in [5.41, 5.74) is 0. The summed E-state index contributed by atoms with van der Waals surface area (Å²) in [5, 5.41) is 2.74. The third kappa shape index (κ3) is 3.22. The quantitative estimate of drug-likeness (QED) is 0.564. The van der Waals surface area contributed by atoms with Gasteiger partial charge in [0.15, 0.2) is 0 Å². The van der Waals surface area contributed by atoms with Crippen LogP contribution < -0.4 is 10.0 Å². The monoisotopic (exact) mass is 208 g/mol. The topological polar surface area (TPSA) is 67.4 Å². The molecule has 5 nitrogen and oxygen atoms in total. The van der Waals surface area contributed by atoms with E-state index in [9.17, 15) is 8.42 Å². The van der Waals surface area contributed by atoms with Gasteiger partial charge in [0.25, 0.3) is 0 Å². The minimum absolute atomic E-state index is 0.274. The Morgan fingerprint density at radius 1 is 1.62 bits per heavy atom. The molecule has 0 aromatic heterocycles. The first-order chi connectivity index (χ1) is 6.17. The van der Waals surface area contributed by atoms with Crippen LogP contribution in [0.5, 0.6) is 0 Å². The number of sulfonamides is 1. The van der Waals surface area contributed by atoms with Crippen LogP contribution in [0.15, 0.2) is 0 Å². The number of ether oxygens (including phenoxy) is 1. The molecule has 6 heteroatoms. The molecular formula is C7H16N2O3S. The number of nitrogens with one attached hydrogen (secondary N) is 2. The molecule has 1 rings (SSSR count). The van der Waals surface area contributed by atoms with E-state index in [2.05, 4.69) is 10.0 Å². The molecule has 1 atom stereocenters. The number of methoxy groups -OCH3 is 1. The van der Waals surface area contributed by atoms with E-state index < -0.39 is 10.0 Å². The smallest absolute Gasteiger partial charge is 0.215 e. The predicted molar refractivity (Wildman–Crippen MR) is 50.1 cm³/mol. The van der Waals surface area contributed by atoms with E-state index in [0.29, 0.717) is 26.1 Å². The summed E-state index contributed by atoms with van der Waals surface area (Å²) in [4.78, 5) is 0. The fourth-order valence-corrected chi connectivity index (χ4v) is 2.67. The zero-order valence-electron chi connectivity index (χ0n) is 7.75. The molecule has 0 bridgehead atoms. The maximum Gasteiger partial charge on any atom is 0.215 e. The fourth-order valence-electron chi connectivity index (χ4n) is 1.30. The Hall–Kier alpha value is -0.170. The van der Waals surface area contributed by atoms with Crippen LogP contribution in [0.4, 0.5) is 0 Å². The molecule has 1 saturated heterocycles. The Morgan fingerprint density at radius 3 is 2.92 bits per heavy atom. The fraction of sp³-hybridized carbons (Fsp3) is 1.00. The first-order valence-corrected chi connectivity index (χ1v) is 5.89. The van der Waals surface area contributed by atoms with E-state index in [1.807, 2.05) is 0 Å². The Kier molecular flexibility index (Phi) is 4.11. The van der Waals surface area contributed by atoms with E-state index in [4.69, 9.17) is 4.74 Å². The van der Waals surface area contributed by atoms with Crippen molar-refractivity contribution in [3.63, 3.8) is 0 Å². The lowest BCUT2D eigenvalue weighted by Crippen LogP contribution is -2.37. The SMILES string of the molecule is COCCNS(=O)(=O)C1CCNC1. The van der Waals surface area contributed by atoms with Crippen LogP contribution in [0.2, 0.25) is 0 Å². The number of rotatable bonds is 5. The van der Waals surface area contributed by atoms with Gasteiger partial charge in [0.1, 0.15) is 0 Å². The first kappa shape index (κ1) is 10.9. The molecule has 13 heavy (non-hydrogen) atoms. The molecule has 1 heterocycles. The Balaban J connectivity index is 2.36. The summed E-state index contributed by atoms with van der Waals surface area (Å²) in [6.45, 7) is 2.12. The lowest BCUT2D eigenvalue weighted by molar-refractivity contribution is 0.204. The van der Waals surface area contributed by atoms with Gasteiger partial charge in [-0.05, 0) is 13.0 Å². The van der Waals surface area contributed by atoms with Crippen molar-refractivity contribution in [3.05, 3.63) is 0 Å². The van der Waals surface area contributed by atoms with Crippen molar-refractivity contribution in [2.75, 3.05) is 33.4 Å². The van der Waals surface area contributed by atoms with Gasteiger partial charge in [-0.1, -0.05) is 0 Å². The van der Waals surface area contributed by atoms with E-state index in [-0.39, 0.29) is 5.25 Å². The van der Waals surface area contributed by atoms with Crippen molar-refractivity contribution >= 4 is 10.0 Å². The summed E-state index contributed by atoms with van der Waals surface area (Å²) >= 11 is 0. The van der Waals surface area contributed by atoms with Crippen molar-refractivity contribution in [2.24, 2.45) is 0 Å². The van der Waals surface area contributed by atoms with Crippen LogP contribution in [0.3, 0.4) is 0 Å². The molecule has 1 aliphatic heterocycles. The molecule has 0 radical (unpaired) electrons. The highest BCUT2D eigenvalue weighted by Gasteiger charge is 2.27. The molecule has 0 saturated carbocycles. The summed E-state index contributed by atoms with van der Waals surface area (Å²) in [7, 11) is -1.58. The second-order valence-electron chi connectivity index (χ2n) is 3.05. The predicted octanol–water partition coefficient (Wildman–Crippen LogP) is -1.09. The van der Waals surface area contributed by atoms with E-state index in [1.54, 1.807) is 7.11 Å². The van der Waals surface area contributed by atoms with Crippen LogP contribution >= 0.6 is 0 Å². The Labute approximate surface area is 78.9 Å². The van der Waals surface area contributed by atoms with Gasteiger partial charge in [0.2, 0.25) is 10.0 Å². The third-order valence-electron chi connectivity index (χ3n) is 2.06. The normalized spacial score (nSPS) is 23.6. The highest BCUT2D eigenvalue weighted by molar-refractivity contribution is 7.90. The van der Waals surface area contributed by atoms with Crippen molar-refractivity contribution < 1.29 is 13.2 Å². The van der Waals surface area contributed by atoms with Gasteiger partial charge in [-0.25, -0.2) is 13.1 Å². The van der Waals surface area contributed by atoms with Gasteiger partial charge in [-0.3, -0.25) is 0 Å². The maximum absolute atomic E-state index is 11.5. The molecule has 1 fully saturated rings. The van der Waals surface area contributed by atoms with Gasteiger partial charge in [-0.15, -0.1) is 0 Å². The second kappa shape index (κ2) is 4.90. The molecule has 0 amide bonds.